The molecule has 1 aliphatic heterocycles. The number of fused-ring (bicyclic) bond motifs is 1. The van der Waals surface area contributed by atoms with Gasteiger partial charge in [-0.25, -0.2) is 4.98 Å². The van der Waals surface area contributed by atoms with Gasteiger partial charge in [0.2, 0.25) is 6.79 Å². The maximum atomic E-state index is 12.3. The third-order valence-electron chi connectivity index (χ3n) is 4.21. The fourth-order valence-electron chi connectivity index (χ4n) is 2.80. The van der Waals surface area contributed by atoms with Crippen LogP contribution >= 0.6 is 0 Å². The van der Waals surface area contributed by atoms with Crippen molar-refractivity contribution >= 4 is 17.4 Å². The number of carbonyl (C=O) groups is 1. The normalized spacial score (nSPS) is 11.9. The summed E-state index contributed by atoms with van der Waals surface area (Å²) in [6.07, 6.45) is 1.56. The lowest BCUT2D eigenvalue weighted by Crippen LogP contribution is -2.12. The molecular weight excluding hydrogens is 342 g/mol. The quantitative estimate of drug-likeness (QED) is 0.719. The van der Waals surface area contributed by atoms with Crippen molar-refractivity contribution in [1.29, 1.82) is 0 Å². The molecule has 0 bridgehead atoms. The number of pyridine rings is 1. The minimum atomic E-state index is -0.185. The molecule has 1 amide bonds. The number of hydrogen-bond donors (Lipinski definition) is 2. The highest BCUT2D eigenvalue weighted by molar-refractivity contribution is 6.04. The molecule has 1 aromatic heterocycles. The number of nitrogens with zero attached hydrogens (tertiary/aromatic N) is 1. The first-order valence-electron chi connectivity index (χ1n) is 8.64. The summed E-state index contributed by atoms with van der Waals surface area (Å²) in [5, 5.41) is 6.11. The van der Waals surface area contributed by atoms with Crippen LogP contribution < -0.4 is 20.1 Å². The van der Waals surface area contributed by atoms with Gasteiger partial charge in [0, 0.05) is 18.4 Å². The Bertz CT molecular complexity index is 971. The molecule has 0 atom stereocenters. The van der Waals surface area contributed by atoms with Crippen LogP contribution in [0.15, 0.2) is 60.8 Å². The fraction of sp³-hybridized carbons (Fsp3) is 0.143. The van der Waals surface area contributed by atoms with Gasteiger partial charge in [0.05, 0.1) is 5.56 Å². The summed E-state index contributed by atoms with van der Waals surface area (Å²) in [5.74, 6) is 2.03. The molecule has 0 saturated heterocycles. The second-order valence-corrected chi connectivity index (χ2v) is 6.30. The Balaban J connectivity index is 1.36. The van der Waals surface area contributed by atoms with Crippen LogP contribution in [0.5, 0.6) is 11.5 Å². The van der Waals surface area contributed by atoms with Crippen LogP contribution in [0.2, 0.25) is 0 Å². The van der Waals surface area contributed by atoms with Crippen LogP contribution in [-0.2, 0) is 6.54 Å². The molecule has 0 spiro atoms. The third-order valence-corrected chi connectivity index (χ3v) is 4.21. The van der Waals surface area contributed by atoms with Crippen molar-refractivity contribution in [3.8, 4) is 11.5 Å². The third kappa shape index (κ3) is 4.00. The van der Waals surface area contributed by atoms with E-state index in [1.165, 1.54) is 0 Å². The molecule has 4 rings (SSSR count). The van der Waals surface area contributed by atoms with Gasteiger partial charge in [0.1, 0.15) is 5.82 Å². The van der Waals surface area contributed by atoms with Crippen molar-refractivity contribution < 1.29 is 14.3 Å². The average molecular weight is 361 g/mol. The van der Waals surface area contributed by atoms with Crippen molar-refractivity contribution in [3.05, 3.63) is 77.5 Å². The number of nitrogens with one attached hydrogen (secondary N) is 2. The van der Waals surface area contributed by atoms with Gasteiger partial charge in [0.25, 0.3) is 5.91 Å². The number of rotatable bonds is 5. The Morgan fingerprint density at radius 2 is 1.96 bits per heavy atom. The molecule has 1 aliphatic rings. The highest BCUT2D eigenvalue weighted by atomic mass is 16.7. The summed E-state index contributed by atoms with van der Waals surface area (Å²) in [4.78, 5) is 16.6. The lowest BCUT2D eigenvalue weighted by Gasteiger charge is -2.08. The summed E-state index contributed by atoms with van der Waals surface area (Å²) < 4.78 is 10.7. The van der Waals surface area contributed by atoms with Crippen molar-refractivity contribution in [2.24, 2.45) is 0 Å². The number of aromatic nitrogens is 1. The first-order valence-corrected chi connectivity index (χ1v) is 8.64. The van der Waals surface area contributed by atoms with Gasteiger partial charge in [0.15, 0.2) is 11.5 Å². The van der Waals surface area contributed by atoms with Crippen LogP contribution in [-0.4, -0.2) is 17.7 Å². The number of carbonyl (C=O) groups excluding carboxylic acids is 1. The number of benzene rings is 2. The Morgan fingerprint density at radius 1 is 1.07 bits per heavy atom. The summed E-state index contributed by atoms with van der Waals surface area (Å²) in [6.45, 7) is 2.84. The summed E-state index contributed by atoms with van der Waals surface area (Å²) in [7, 11) is 0. The summed E-state index contributed by atoms with van der Waals surface area (Å²) >= 11 is 0. The van der Waals surface area contributed by atoms with Crippen molar-refractivity contribution in [2.45, 2.75) is 13.5 Å². The zero-order valence-corrected chi connectivity index (χ0v) is 14.9. The van der Waals surface area contributed by atoms with E-state index in [0.29, 0.717) is 17.9 Å². The maximum absolute atomic E-state index is 12.3. The topological polar surface area (TPSA) is 72.5 Å². The summed E-state index contributed by atoms with van der Waals surface area (Å²) in [6, 6.07) is 17.0. The smallest absolute Gasteiger partial charge is 0.257 e. The Morgan fingerprint density at radius 3 is 2.78 bits per heavy atom. The summed E-state index contributed by atoms with van der Waals surface area (Å²) in [5.41, 5.74) is 3.42. The monoisotopic (exact) mass is 361 g/mol. The minimum absolute atomic E-state index is 0.185. The Hall–Kier alpha value is -3.54. The zero-order valence-electron chi connectivity index (χ0n) is 14.9. The molecule has 0 saturated carbocycles. The SMILES string of the molecule is Cc1cccc(NC(=O)c2ccc(NCc3ccc4c(c3)OCO4)nc2)c1. The van der Waals surface area contributed by atoms with Crippen molar-refractivity contribution in [3.63, 3.8) is 0 Å². The Labute approximate surface area is 157 Å². The molecule has 2 N–H and O–H groups in total. The van der Waals surface area contributed by atoms with Gasteiger partial charge in [-0.2, -0.15) is 0 Å². The van der Waals surface area contributed by atoms with Crippen LogP contribution in [0.3, 0.4) is 0 Å². The lowest BCUT2D eigenvalue weighted by molar-refractivity contribution is 0.102. The predicted octanol–water partition coefficient (Wildman–Crippen LogP) is 3.98. The maximum Gasteiger partial charge on any atom is 0.257 e. The van der Waals surface area contributed by atoms with E-state index in [0.717, 1.165) is 28.3 Å². The molecule has 0 radical (unpaired) electrons. The van der Waals surface area contributed by atoms with Gasteiger partial charge in [-0.1, -0.05) is 18.2 Å². The van der Waals surface area contributed by atoms with E-state index < -0.39 is 0 Å². The second-order valence-electron chi connectivity index (χ2n) is 6.30. The number of hydrogen-bond acceptors (Lipinski definition) is 5. The van der Waals surface area contributed by atoms with Crippen LogP contribution in [0.25, 0.3) is 0 Å². The first kappa shape index (κ1) is 16.9. The number of anilines is 2. The van der Waals surface area contributed by atoms with Gasteiger partial charge < -0.3 is 20.1 Å². The van der Waals surface area contributed by atoms with Crippen LogP contribution in [0, 0.1) is 6.92 Å². The highest BCUT2D eigenvalue weighted by Gasteiger charge is 2.13. The molecule has 2 heterocycles. The van der Waals surface area contributed by atoms with E-state index in [2.05, 4.69) is 15.6 Å². The molecule has 2 aromatic carbocycles. The molecule has 3 aromatic rings. The van der Waals surface area contributed by atoms with Crippen molar-refractivity contribution in [2.75, 3.05) is 17.4 Å². The van der Waals surface area contributed by atoms with Crippen molar-refractivity contribution in [1.82, 2.24) is 4.98 Å². The highest BCUT2D eigenvalue weighted by Crippen LogP contribution is 2.32. The molecular formula is C21H19N3O3. The largest absolute Gasteiger partial charge is 0.454 e. The van der Waals surface area contributed by atoms with E-state index in [-0.39, 0.29) is 12.7 Å². The van der Waals surface area contributed by atoms with E-state index >= 15 is 0 Å². The number of ether oxygens (including phenoxy) is 2. The van der Waals surface area contributed by atoms with E-state index in [1.807, 2.05) is 49.4 Å². The fourth-order valence-corrected chi connectivity index (χ4v) is 2.80. The van der Waals surface area contributed by atoms with E-state index in [9.17, 15) is 4.79 Å². The number of amides is 1. The minimum Gasteiger partial charge on any atom is -0.454 e. The average Bonchev–Trinajstić information content (AvgIpc) is 3.14. The molecule has 0 fully saturated rings. The molecule has 27 heavy (non-hydrogen) atoms. The molecule has 6 heteroatoms. The predicted molar refractivity (Wildman–Crippen MR) is 103 cm³/mol. The van der Waals surface area contributed by atoms with E-state index in [4.69, 9.17) is 9.47 Å². The Kier molecular flexibility index (Phi) is 4.61. The standard InChI is InChI=1S/C21H19N3O3/c1-14-3-2-4-17(9-14)24-21(25)16-6-8-20(23-12-16)22-11-15-5-7-18-19(10-15)27-13-26-18/h2-10,12H,11,13H2,1H3,(H,22,23)(H,24,25). The zero-order chi connectivity index (χ0) is 18.6. The molecule has 136 valence electrons. The van der Waals surface area contributed by atoms with Gasteiger partial charge >= 0.3 is 0 Å². The van der Waals surface area contributed by atoms with Crippen LogP contribution in [0.1, 0.15) is 21.5 Å². The molecule has 6 nitrogen and oxygen atoms in total. The molecule has 0 aliphatic carbocycles. The van der Waals surface area contributed by atoms with Gasteiger partial charge in [-0.3, -0.25) is 4.79 Å². The molecule has 0 unspecified atom stereocenters. The number of aryl methyl sites for hydroxylation is 1. The first-order chi connectivity index (χ1) is 13.2. The van der Waals surface area contributed by atoms with Crippen LogP contribution in [0.4, 0.5) is 11.5 Å². The van der Waals surface area contributed by atoms with Gasteiger partial charge in [-0.05, 0) is 54.4 Å². The van der Waals surface area contributed by atoms with Gasteiger partial charge in [-0.15, -0.1) is 0 Å². The van der Waals surface area contributed by atoms with E-state index in [1.54, 1.807) is 18.3 Å². The lowest BCUT2D eigenvalue weighted by atomic mass is 10.2. The second kappa shape index (κ2) is 7.37.